The molecule has 1 fully saturated rings. The second kappa shape index (κ2) is 5.38. The predicted molar refractivity (Wildman–Crippen MR) is 49.4 cm³/mol. The molecule has 0 bridgehead atoms. The second-order valence-corrected chi connectivity index (χ2v) is 3.10. The van der Waals surface area contributed by atoms with Crippen LogP contribution in [0, 0.1) is 11.8 Å². The molecule has 1 rings (SSSR count). The summed E-state index contributed by atoms with van der Waals surface area (Å²) in [5.74, 6) is 0.469. The Kier molecular flexibility index (Phi) is 5.25. The Bertz CT molecular complexity index is 152. The van der Waals surface area contributed by atoms with Crippen LogP contribution in [-0.2, 0) is 9.53 Å². The van der Waals surface area contributed by atoms with Crippen LogP contribution in [0.3, 0.4) is 0 Å². The van der Waals surface area contributed by atoms with E-state index in [1.54, 1.807) is 0 Å². The highest BCUT2D eigenvalue weighted by Gasteiger charge is 2.27. The fourth-order valence-electron chi connectivity index (χ4n) is 1.52. The van der Waals surface area contributed by atoms with Crippen LogP contribution in [0.5, 0.6) is 0 Å². The minimum atomic E-state index is -0.0565. The molecule has 0 amide bonds. The van der Waals surface area contributed by atoms with Crippen molar-refractivity contribution in [1.29, 1.82) is 0 Å². The van der Waals surface area contributed by atoms with E-state index in [0.29, 0.717) is 5.92 Å². The first-order chi connectivity index (χ1) is 5.25. The third-order valence-electron chi connectivity index (χ3n) is 2.29. The van der Waals surface area contributed by atoms with Gasteiger partial charge in [-0.15, -0.1) is 12.4 Å². The average Bonchev–Trinajstić information content (AvgIpc) is 2.04. The Morgan fingerprint density at radius 3 is 2.75 bits per heavy atom. The van der Waals surface area contributed by atoms with Crippen LogP contribution in [0.2, 0.25) is 0 Å². The summed E-state index contributed by atoms with van der Waals surface area (Å²) in [7, 11) is 1.46. The van der Waals surface area contributed by atoms with Crippen molar-refractivity contribution < 1.29 is 9.53 Å². The van der Waals surface area contributed by atoms with Gasteiger partial charge >= 0.3 is 5.97 Å². The Balaban J connectivity index is 0.00000121. The number of halogens is 1. The highest BCUT2D eigenvalue weighted by atomic mass is 35.5. The normalized spacial score (nSPS) is 28.8. The van der Waals surface area contributed by atoms with Gasteiger partial charge in [0, 0.05) is 0 Å². The SMILES string of the molecule is COC(=O)[C@@H]1CCNC[C@@H]1C.Cl. The van der Waals surface area contributed by atoms with E-state index in [2.05, 4.69) is 12.2 Å². The number of esters is 1. The summed E-state index contributed by atoms with van der Waals surface area (Å²) in [5.41, 5.74) is 0. The second-order valence-electron chi connectivity index (χ2n) is 3.10. The summed E-state index contributed by atoms with van der Waals surface area (Å²) in [4.78, 5) is 11.1. The van der Waals surface area contributed by atoms with Gasteiger partial charge in [0.15, 0.2) is 0 Å². The van der Waals surface area contributed by atoms with E-state index >= 15 is 0 Å². The zero-order valence-corrected chi connectivity index (χ0v) is 8.32. The molecule has 0 aromatic rings. The maximum atomic E-state index is 11.1. The molecule has 0 radical (unpaired) electrons. The first-order valence-electron chi connectivity index (χ1n) is 4.04. The maximum absolute atomic E-state index is 11.1. The van der Waals surface area contributed by atoms with Gasteiger partial charge in [-0.1, -0.05) is 6.92 Å². The van der Waals surface area contributed by atoms with Crippen molar-refractivity contribution in [3.8, 4) is 0 Å². The molecule has 0 aromatic heterocycles. The van der Waals surface area contributed by atoms with Crippen molar-refractivity contribution in [3.05, 3.63) is 0 Å². The zero-order valence-electron chi connectivity index (χ0n) is 7.50. The monoisotopic (exact) mass is 193 g/mol. The molecule has 3 nitrogen and oxygen atoms in total. The quantitative estimate of drug-likeness (QED) is 0.627. The largest absolute Gasteiger partial charge is 0.469 e. The summed E-state index contributed by atoms with van der Waals surface area (Å²) in [6, 6.07) is 0. The maximum Gasteiger partial charge on any atom is 0.309 e. The molecular weight excluding hydrogens is 178 g/mol. The number of nitrogens with one attached hydrogen (secondary N) is 1. The molecule has 1 saturated heterocycles. The van der Waals surface area contributed by atoms with Gasteiger partial charge in [-0.25, -0.2) is 0 Å². The number of rotatable bonds is 1. The van der Waals surface area contributed by atoms with Crippen molar-refractivity contribution in [2.45, 2.75) is 13.3 Å². The Labute approximate surface area is 79.3 Å². The summed E-state index contributed by atoms with van der Waals surface area (Å²) in [6.07, 6.45) is 0.911. The van der Waals surface area contributed by atoms with E-state index in [-0.39, 0.29) is 24.3 Å². The van der Waals surface area contributed by atoms with Crippen molar-refractivity contribution in [2.75, 3.05) is 20.2 Å². The lowest BCUT2D eigenvalue weighted by Crippen LogP contribution is -2.39. The number of piperidine rings is 1. The van der Waals surface area contributed by atoms with E-state index in [1.165, 1.54) is 7.11 Å². The molecule has 1 aliphatic heterocycles. The van der Waals surface area contributed by atoms with Crippen molar-refractivity contribution in [2.24, 2.45) is 11.8 Å². The number of carbonyl (C=O) groups is 1. The number of ether oxygens (including phenoxy) is 1. The lowest BCUT2D eigenvalue weighted by Gasteiger charge is -2.26. The lowest BCUT2D eigenvalue weighted by atomic mass is 9.88. The fraction of sp³-hybridized carbons (Fsp3) is 0.875. The van der Waals surface area contributed by atoms with Gasteiger partial charge in [-0.05, 0) is 25.4 Å². The summed E-state index contributed by atoms with van der Waals surface area (Å²) in [5, 5.41) is 3.24. The molecule has 72 valence electrons. The van der Waals surface area contributed by atoms with Crippen LogP contribution in [0.4, 0.5) is 0 Å². The van der Waals surface area contributed by atoms with Gasteiger partial charge < -0.3 is 10.1 Å². The standard InChI is InChI=1S/C8H15NO2.ClH/c1-6-5-9-4-3-7(6)8(10)11-2;/h6-7,9H,3-5H2,1-2H3;1H/t6-,7+;/m0./s1. The molecule has 0 saturated carbocycles. The zero-order chi connectivity index (χ0) is 8.27. The van der Waals surface area contributed by atoms with Crippen molar-refractivity contribution >= 4 is 18.4 Å². The highest BCUT2D eigenvalue weighted by Crippen LogP contribution is 2.19. The number of carbonyl (C=O) groups excluding carboxylic acids is 1. The van der Waals surface area contributed by atoms with E-state index in [4.69, 9.17) is 4.74 Å². The molecule has 1 N–H and O–H groups in total. The van der Waals surface area contributed by atoms with Gasteiger partial charge in [-0.2, -0.15) is 0 Å². The Morgan fingerprint density at radius 2 is 2.25 bits per heavy atom. The summed E-state index contributed by atoms with van der Waals surface area (Å²) in [6.45, 7) is 3.94. The summed E-state index contributed by atoms with van der Waals surface area (Å²) < 4.78 is 4.69. The summed E-state index contributed by atoms with van der Waals surface area (Å²) >= 11 is 0. The first kappa shape index (κ1) is 11.7. The third kappa shape index (κ3) is 2.64. The molecule has 12 heavy (non-hydrogen) atoms. The van der Waals surface area contributed by atoms with Gasteiger partial charge in [0.1, 0.15) is 0 Å². The smallest absolute Gasteiger partial charge is 0.309 e. The number of methoxy groups -OCH3 is 1. The van der Waals surface area contributed by atoms with Crippen LogP contribution in [0.25, 0.3) is 0 Å². The molecule has 1 heterocycles. The minimum absolute atomic E-state index is 0. The molecule has 0 spiro atoms. The predicted octanol–water partition coefficient (Wildman–Crippen LogP) is 0.827. The number of hydrogen-bond donors (Lipinski definition) is 1. The Morgan fingerprint density at radius 1 is 1.58 bits per heavy atom. The Hall–Kier alpha value is -0.280. The van der Waals surface area contributed by atoms with E-state index in [9.17, 15) is 4.79 Å². The topological polar surface area (TPSA) is 38.3 Å². The van der Waals surface area contributed by atoms with Gasteiger partial charge in [0.25, 0.3) is 0 Å². The highest BCUT2D eigenvalue weighted by molar-refractivity contribution is 5.85. The van der Waals surface area contributed by atoms with Crippen LogP contribution in [0.15, 0.2) is 0 Å². The minimum Gasteiger partial charge on any atom is -0.469 e. The van der Waals surface area contributed by atoms with E-state index in [1.807, 2.05) is 0 Å². The van der Waals surface area contributed by atoms with Crippen molar-refractivity contribution in [1.82, 2.24) is 5.32 Å². The average molecular weight is 194 g/mol. The van der Waals surface area contributed by atoms with Crippen LogP contribution >= 0.6 is 12.4 Å². The molecule has 0 aromatic carbocycles. The van der Waals surface area contributed by atoms with Gasteiger partial charge in [0.05, 0.1) is 13.0 Å². The molecular formula is C8H16ClNO2. The first-order valence-corrected chi connectivity index (χ1v) is 4.04. The van der Waals surface area contributed by atoms with Crippen LogP contribution in [0.1, 0.15) is 13.3 Å². The van der Waals surface area contributed by atoms with E-state index in [0.717, 1.165) is 19.5 Å². The van der Waals surface area contributed by atoms with Gasteiger partial charge in [-0.3, -0.25) is 4.79 Å². The third-order valence-corrected chi connectivity index (χ3v) is 2.29. The van der Waals surface area contributed by atoms with Crippen LogP contribution < -0.4 is 5.32 Å². The fourth-order valence-corrected chi connectivity index (χ4v) is 1.52. The van der Waals surface area contributed by atoms with E-state index < -0.39 is 0 Å². The van der Waals surface area contributed by atoms with Crippen molar-refractivity contribution in [3.63, 3.8) is 0 Å². The van der Waals surface area contributed by atoms with Gasteiger partial charge in [0.2, 0.25) is 0 Å². The number of hydrogen-bond acceptors (Lipinski definition) is 3. The van der Waals surface area contributed by atoms with Crippen LogP contribution in [-0.4, -0.2) is 26.2 Å². The molecule has 1 aliphatic rings. The lowest BCUT2D eigenvalue weighted by molar-refractivity contribution is -0.148. The molecule has 0 aliphatic carbocycles. The molecule has 2 atom stereocenters. The molecule has 0 unspecified atom stereocenters. The molecule has 4 heteroatoms.